The van der Waals surface area contributed by atoms with Crippen molar-refractivity contribution in [2.45, 2.75) is 19.4 Å². The van der Waals surface area contributed by atoms with Crippen LogP contribution in [0, 0.1) is 10.1 Å². The summed E-state index contributed by atoms with van der Waals surface area (Å²) in [6, 6.07) is 6.68. The molecule has 1 atom stereocenters. The highest BCUT2D eigenvalue weighted by atomic mass is 16.6. The molecule has 1 unspecified atom stereocenters. The maximum absolute atomic E-state index is 11.2. The molecule has 6 nitrogen and oxygen atoms in total. The molecule has 6 heteroatoms. The SMILES string of the molecule is CCC(O)CNc1ccc2ncccc2c1[N+](=O)[O-]. The van der Waals surface area contributed by atoms with Crippen molar-refractivity contribution >= 4 is 22.3 Å². The second-order valence-electron chi connectivity index (χ2n) is 4.23. The summed E-state index contributed by atoms with van der Waals surface area (Å²) in [4.78, 5) is 14.9. The molecule has 2 N–H and O–H groups in total. The van der Waals surface area contributed by atoms with Crippen LogP contribution >= 0.6 is 0 Å². The fourth-order valence-electron chi connectivity index (χ4n) is 1.85. The molecule has 0 bridgehead atoms. The summed E-state index contributed by atoms with van der Waals surface area (Å²) in [6.45, 7) is 2.13. The number of fused-ring (bicyclic) bond motifs is 1. The quantitative estimate of drug-likeness (QED) is 0.637. The Morgan fingerprint density at radius 2 is 2.26 bits per heavy atom. The van der Waals surface area contributed by atoms with Crippen LogP contribution in [-0.4, -0.2) is 27.7 Å². The van der Waals surface area contributed by atoms with E-state index in [0.29, 0.717) is 23.0 Å². The Bertz CT molecular complexity index is 601. The molecule has 0 radical (unpaired) electrons. The summed E-state index contributed by atoms with van der Waals surface area (Å²) in [5.41, 5.74) is 0.975. The van der Waals surface area contributed by atoms with Gasteiger partial charge in [-0.1, -0.05) is 6.92 Å². The monoisotopic (exact) mass is 261 g/mol. The zero-order chi connectivity index (χ0) is 13.8. The molecule has 0 aliphatic rings. The van der Waals surface area contributed by atoms with Gasteiger partial charge in [-0.3, -0.25) is 15.1 Å². The number of hydrogen-bond acceptors (Lipinski definition) is 5. The van der Waals surface area contributed by atoms with Crippen molar-refractivity contribution in [3.8, 4) is 0 Å². The predicted octanol–water partition coefficient (Wildman–Crippen LogP) is 2.33. The van der Waals surface area contributed by atoms with E-state index < -0.39 is 11.0 Å². The van der Waals surface area contributed by atoms with E-state index in [1.54, 1.807) is 30.5 Å². The number of nitrogens with one attached hydrogen (secondary N) is 1. The van der Waals surface area contributed by atoms with Gasteiger partial charge in [0.05, 0.1) is 21.9 Å². The summed E-state index contributed by atoms with van der Waals surface area (Å²) in [5.74, 6) is 0. The molecule has 0 saturated carbocycles. The molecule has 2 rings (SSSR count). The summed E-state index contributed by atoms with van der Waals surface area (Å²) in [5, 5.41) is 24.1. The molecule has 100 valence electrons. The van der Waals surface area contributed by atoms with Crippen LogP contribution in [0.2, 0.25) is 0 Å². The smallest absolute Gasteiger partial charge is 0.301 e. The third-order valence-corrected chi connectivity index (χ3v) is 2.94. The van der Waals surface area contributed by atoms with Gasteiger partial charge in [-0.05, 0) is 30.7 Å². The highest BCUT2D eigenvalue weighted by molar-refractivity contribution is 5.94. The normalized spacial score (nSPS) is 12.3. The Kier molecular flexibility index (Phi) is 3.91. The zero-order valence-electron chi connectivity index (χ0n) is 10.5. The highest BCUT2D eigenvalue weighted by Gasteiger charge is 2.19. The topological polar surface area (TPSA) is 88.3 Å². The molecule has 0 aliphatic carbocycles. The van der Waals surface area contributed by atoms with Crippen molar-refractivity contribution in [2.75, 3.05) is 11.9 Å². The molecule has 0 fully saturated rings. The Morgan fingerprint density at radius 1 is 1.47 bits per heavy atom. The van der Waals surface area contributed by atoms with Crippen LogP contribution in [-0.2, 0) is 0 Å². The largest absolute Gasteiger partial charge is 0.391 e. The Morgan fingerprint density at radius 3 is 2.95 bits per heavy atom. The van der Waals surface area contributed by atoms with Crippen molar-refractivity contribution in [3.63, 3.8) is 0 Å². The van der Waals surface area contributed by atoms with Gasteiger partial charge >= 0.3 is 5.69 Å². The van der Waals surface area contributed by atoms with Gasteiger partial charge in [0.25, 0.3) is 0 Å². The van der Waals surface area contributed by atoms with E-state index in [9.17, 15) is 15.2 Å². The van der Waals surface area contributed by atoms with Crippen LogP contribution in [0.1, 0.15) is 13.3 Å². The van der Waals surface area contributed by atoms with E-state index >= 15 is 0 Å². The minimum absolute atomic E-state index is 0.00565. The minimum atomic E-state index is -0.524. The molecule has 1 aromatic heterocycles. The van der Waals surface area contributed by atoms with Crippen LogP contribution in [0.3, 0.4) is 0 Å². The Labute approximate surface area is 110 Å². The number of hydrogen-bond donors (Lipinski definition) is 2. The van der Waals surface area contributed by atoms with Crippen LogP contribution in [0.25, 0.3) is 10.9 Å². The number of aliphatic hydroxyl groups is 1. The molecule has 1 heterocycles. The average Bonchev–Trinajstić information content (AvgIpc) is 2.43. The maximum atomic E-state index is 11.2. The first-order valence-electron chi connectivity index (χ1n) is 6.07. The van der Waals surface area contributed by atoms with Crippen LogP contribution < -0.4 is 5.32 Å². The first kappa shape index (κ1) is 13.2. The molecule has 2 aromatic rings. The molecule has 0 aliphatic heterocycles. The van der Waals surface area contributed by atoms with E-state index in [2.05, 4.69) is 10.3 Å². The molecular weight excluding hydrogens is 246 g/mol. The third-order valence-electron chi connectivity index (χ3n) is 2.94. The van der Waals surface area contributed by atoms with E-state index in [1.165, 1.54) is 0 Å². The number of aliphatic hydroxyl groups excluding tert-OH is 1. The van der Waals surface area contributed by atoms with E-state index in [0.717, 1.165) is 0 Å². The lowest BCUT2D eigenvalue weighted by Gasteiger charge is -2.11. The van der Waals surface area contributed by atoms with Crippen molar-refractivity contribution in [1.82, 2.24) is 4.98 Å². The highest BCUT2D eigenvalue weighted by Crippen LogP contribution is 2.32. The lowest BCUT2D eigenvalue weighted by atomic mass is 10.1. The lowest BCUT2D eigenvalue weighted by molar-refractivity contribution is -0.382. The van der Waals surface area contributed by atoms with Crippen LogP contribution in [0.5, 0.6) is 0 Å². The molecule has 0 spiro atoms. The van der Waals surface area contributed by atoms with Gasteiger partial charge in [-0.15, -0.1) is 0 Å². The van der Waals surface area contributed by atoms with Gasteiger partial charge in [0.2, 0.25) is 0 Å². The number of rotatable bonds is 5. The maximum Gasteiger partial charge on any atom is 0.301 e. The fourth-order valence-corrected chi connectivity index (χ4v) is 1.85. The van der Waals surface area contributed by atoms with Gasteiger partial charge in [0.1, 0.15) is 5.69 Å². The first-order valence-corrected chi connectivity index (χ1v) is 6.07. The second kappa shape index (κ2) is 5.62. The van der Waals surface area contributed by atoms with Gasteiger partial charge in [-0.2, -0.15) is 0 Å². The van der Waals surface area contributed by atoms with E-state index in [-0.39, 0.29) is 12.2 Å². The van der Waals surface area contributed by atoms with E-state index in [4.69, 9.17) is 0 Å². The molecule has 0 amide bonds. The van der Waals surface area contributed by atoms with Gasteiger partial charge in [0.15, 0.2) is 0 Å². The Balaban J connectivity index is 2.43. The third kappa shape index (κ3) is 2.79. The molecule has 0 saturated heterocycles. The fraction of sp³-hybridized carbons (Fsp3) is 0.308. The molecular formula is C13H15N3O3. The molecule has 19 heavy (non-hydrogen) atoms. The number of nitro benzene ring substituents is 1. The lowest BCUT2D eigenvalue weighted by Crippen LogP contribution is -2.18. The molecule has 1 aromatic carbocycles. The van der Waals surface area contributed by atoms with Crippen molar-refractivity contribution < 1.29 is 10.0 Å². The number of aromatic nitrogens is 1. The van der Waals surface area contributed by atoms with E-state index in [1.807, 2.05) is 6.92 Å². The number of nitro groups is 1. The van der Waals surface area contributed by atoms with Crippen LogP contribution in [0.4, 0.5) is 11.4 Å². The van der Waals surface area contributed by atoms with Gasteiger partial charge < -0.3 is 10.4 Å². The number of benzene rings is 1. The number of nitrogens with zero attached hydrogens (tertiary/aromatic N) is 2. The first-order chi connectivity index (χ1) is 9.13. The minimum Gasteiger partial charge on any atom is -0.391 e. The van der Waals surface area contributed by atoms with Gasteiger partial charge in [0, 0.05) is 12.7 Å². The number of anilines is 1. The zero-order valence-corrected chi connectivity index (χ0v) is 10.5. The average molecular weight is 261 g/mol. The number of pyridine rings is 1. The summed E-state index contributed by atoms with van der Waals surface area (Å²) < 4.78 is 0. The van der Waals surface area contributed by atoms with Gasteiger partial charge in [-0.25, -0.2) is 0 Å². The second-order valence-corrected chi connectivity index (χ2v) is 4.23. The van der Waals surface area contributed by atoms with Crippen molar-refractivity contribution in [2.24, 2.45) is 0 Å². The Hall–Kier alpha value is -2.21. The van der Waals surface area contributed by atoms with Crippen molar-refractivity contribution in [1.29, 1.82) is 0 Å². The summed E-state index contributed by atoms with van der Waals surface area (Å²) >= 11 is 0. The van der Waals surface area contributed by atoms with Crippen LogP contribution in [0.15, 0.2) is 30.5 Å². The van der Waals surface area contributed by atoms with Crippen molar-refractivity contribution in [3.05, 3.63) is 40.6 Å². The summed E-state index contributed by atoms with van der Waals surface area (Å²) in [6.07, 6.45) is 1.67. The predicted molar refractivity (Wildman–Crippen MR) is 73.2 cm³/mol. The summed E-state index contributed by atoms with van der Waals surface area (Å²) in [7, 11) is 0. The standard InChI is InChI=1S/C13H15N3O3/c1-2-9(17)8-15-12-6-5-11-10(4-3-7-14-11)13(12)16(18)19/h3-7,9,15,17H,2,8H2,1H3.